The summed E-state index contributed by atoms with van der Waals surface area (Å²) in [6, 6.07) is 24.3. The molecule has 0 unspecified atom stereocenters. The summed E-state index contributed by atoms with van der Waals surface area (Å²) in [6.07, 6.45) is 1.96. The highest BCUT2D eigenvalue weighted by atomic mass is 16.6. The molecule has 4 aromatic rings. The maximum Gasteiger partial charge on any atom is 0.293 e. The minimum absolute atomic E-state index is 0.129. The van der Waals surface area contributed by atoms with E-state index in [1.54, 1.807) is 12.1 Å². The smallest absolute Gasteiger partial charge is 0.293 e. The topological polar surface area (TPSA) is 90.1 Å². The molecule has 7 heteroatoms. The number of carbonyl (C=O) groups excluding carboxylic acids is 1. The molecule has 32 heavy (non-hydrogen) atoms. The molecule has 0 radical (unpaired) electrons. The van der Waals surface area contributed by atoms with E-state index in [1.807, 2.05) is 71.5 Å². The second kappa shape index (κ2) is 9.26. The van der Waals surface area contributed by atoms with Crippen molar-refractivity contribution in [1.29, 1.82) is 0 Å². The fourth-order valence-corrected chi connectivity index (χ4v) is 3.52. The number of rotatable bonds is 8. The first-order valence-corrected chi connectivity index (χ1v) is 10.2. The lowest BCUT2D eigenvalue weighted by molar-refractivity contribution is -0.384. The van der Waals surface area contributed by atoms with Crippen LogP contribution in [0.25, 0.3) is 11.3 Å². The van der Waals surface area contributed by atoms with Crippen molar-refractivity contribution in [2.24, 2.45) is 0 Å². The molecule has 7 nitrogen and oxygen atoms in total. The third kappa shape index (κ3) is 4.73. The lowest BCUT2D eigenvalue weighted by Gasteiger charge is -2.08. The van der Waals surface area contributed by atoms with Crippen LogP contribution in [-0.2, 0) is 13.1 Å². The number of hydrogen-bond donors (Lipinski definition) is 1. The molecule has 0 atom stereocenters. The molecular formula is C25H22N4O3. The van der Waals surface area contributed by atoms with Crippen LogP contribution in [0.15, 0.2) is 85.1 Å². The zero-order chi connectivity index (χ0) is 22.5. The summed E-state index contributed by atoms with van der Waals surface area (Å²) < 4.78 is 1.88. The van der Waals surface area contributed by atoms with Crippen LogP contribution < -0.4 is 5.32 Å². The van der Waals surface area contributed by atoms with Gasteiger partial charge in [0.15, 0.2) is 5.78 Å². The molecule has 0 fully saturated rings. The Kier molecular flexibility index (Phi) is 6.07. The lowest BCUT2D eigenvalue weighted by atomic mass is 10.1. The second-order valence-corrected chi connectivity index (χ2v) is 7.45. The summed E-state index contributed by atoms with van der Waals surface area (Å²) in [7, 11) is 0. The highest BCUT2D eigenvalue weighted by Gasteiger charge is 2.18. The summed E-state index contributed by atoms with van der Waals surface area (Å²) in [5.41, 5.74) is 4.37. The van der Waals surface area contributed by atoms with Gasteiger partial charge in [-0.1, -0.05) is 60.7 Å². The van der Waals surface area contributed by atoms with Crippen LogP contribution in [-0.4, -0.2) is 20.5 Å². The van der Waals surface area contributed by atoms with E-state index < -0.39 is 4.92 Å². The van der Waals surface area contributed by atoms with Crippen LogP contribution in [0.2, 0.25) is 0 Å². The zero-order valence-electron chi connectivity index (χ0n) is 17.6. The number of nitrogens with zero attached hydrogens (tertiary/aromatic N) is 3. The van der Waals surface area contributed by atoms with Crippen molar-refractivity contribution < 1.29 is 9.72 Å². The molecule has 0 aliphatic carbocycles. The highest BCUT2D eigenvalue weighted by Crippen LogP contribution is 2.28. The molecule has 0 amide bonds. The molecule has 0 saturated heterocycles. The SMILES string of the molecule is CC(=O)c1ccc(NCc2cn(Cc3ccccc3)nc2-c2ccccc2)c([N+](=O)[O-])c1. The van der Waals surface area contributed by atoms with Crippen LogP contribution in [0.5, 0.6) is 0 Å². The fraction of sp³-hybridized carbons (Fsp3) is 0.120. The Morgan fingerprint density at radius 2 is 1.72 bits per heavy atom. The molecular weight excluding hydrogens is 404 g/mol. The molecule has 0 aliphatic heterocycles. The molecule has 1 aromatic heterocycles. The number of hydrogen-bond acceptors (Lipinski definition) is 5. The zero-order valence-corrected chi connectivity index (χ0v) is 17.6. The standard InChI is InChI=1S/C25H22N4O3/c1-18(30)21-12-13-23(24(14-21)29(31)32)26-15-22-17-28(16-19-8-4-2-5-9-19)27-25(22)20-10-6-3-7-11-20/h2-14,17,26H,15-16H2,1H3. The number of benzene rings is 3. The maximum absolute atomic E-state index is 11.6. The predicted molar refractivity (Wildman–Crippen MR) is 124 cm³/mol. The summed E-state index contributed by atoms with van der Waals surface area (Å²) in [6.45, 7) is 2.35. The quantitative estimate of drug-likeness (QED) is 0.234. The summed E-state index contributed by atoms with van der Waals surface area (Å²) in [5, 5.41) is 19.5. The summed E-state index contributed by atoms with van der Waals surface area (Å²) >= 11 is 0. The number of aromatic nitrogens is 2. The Balaban J connectivity index is 1.64. The van der Waals surface area contributed by atoms with E-state index in [9.17, 15) is 14.9 Å². The molecule has 0 spiro atoms. The normalized spacial score (nSPS) is 10.7. The van der Waals surface area contributed by atoms with Crippen LogP contribution in [0.4, 0.5) is 11.4 Å². The molecule has 4 rings (SSSR count). The van der Waals surface area contributed by atoms with Crippen LogP contribution in [0, 0.1) is 10.1 Å². The number of ketones is 1. The van der Waals surface area contributed by atoms with Crippen LogP contribution >= 0.6 is 0 Å². The van der Waals surface area contributed by atoms with Gasteiger partial charge >= 0.3 is 0 Å². The van der Waals surface area contributed by atoms with E-state index in [0.29, 0.717) is 24.3 Å². The van der Waals surface area contributed by atoms with Gasteiger partial charge in [-0.2, -0.15) is 5.10 Å². The fourth-order valence-electron chi connectivity index (χ4n) is 3.52. The van der Waals surface area contributed by atoms with Crippen molar-refractivity contribution in [3.8, 4) is 11.3 Å². The lowest BCUT2D eigenvalue weighted by Crippen LogP contribution is -2.04. The number of nitro benzene ring substituents is 1. The molecule has 160 valence electrons. The summed E-state index contributed by atoms with van der Waals surface area (Å²) in [4.78, 5) is 22.7. The number of anilines is 1. The van der Waals surface area contributed by atoms with E-state index in [2.05, 4.69) is 5.32 Å². The predicted octanol–water partition coefficient (Wildman–Crippen LogP) is 5.32. The molecule has 0 bridgehead atoms. The molecule has 1 heterocycles. The maximum atomic E-state index is 11.6. The van der Waals surface area contributed by atoms with Gasteiger partial charge in [0.05, 0.1) is 17.2 Å². The van der Waals surface area contributed by atoms with Gasteiger partial charge in [-0.3, -0.25) is 19.6 Å². The second-order valence-electron chi connectivity index (χ2n) is 7.45. The minimum Gasteiger partial charge on any atom is -0.375 e. The Morgan fingerprint density at radius 3 is 2.38 bits per heavy atom. The number of nitro groups is 1. The minimum atomic E-state index is -0.480. The van der Waals surface area contributed by atoms with Gasteiger partial charge in [0.2, 0.25) is 0 Å². The van der Waals surface area contributed by atoms with Crippen molar-refractivity contribution in [3.05, 3.63) is 112 Å². The average molecular weight is 426 g/mol. The van der Waals surface area contributed by atoms with Crippen molar-refractivity contribution in [2.75, 3.05) is 5.32 Å². The van der Waals surface area contributed by atoms with Gasteiger partial charge in [-0.25, -0.2) is 0 Å². The largest absolute Gasteiger partial charge is 0.375 e. The third-order valence-electron chi connectivity index (χ3n) is 5.14. The molecule has 0 aliphatic rings. The van der Waals surface area contributed by atoms with Gasteiger partial charge in [0, 0.05) is 35.5 Å². The van der Waals surface area contributed by atoms with E-state index >= 15 is 0 Å². The van der Waals surface area contributed by atoms with Gasteiger partial charge in [-0.05, 0) is 24.6 Å². The first-order chi connectivity index (χ1) is 15.5. The van der Waals surface area contributed by atoms with Crippen LogP contribution in [0.1, 0.15) is 28.4 Å². The molecule has 1 N–H and O–H groups in total. The first-order valence-electron chi connectivity index (χ1n) is 10.2. The van der Waals surface area contributed by atoms with E-state index in [0.717, 1.165) is 22.4 Å². The Morgan fingerprint density at radius 1 is 1.03 bits per heavy atom. The van der Waals surface area contributed by atoms with Crippen LogP contribution in [0.3, 0.4) is 0 Å². The first kappa shape index (κ1) is 21.0. The van der Waals surface area contributed by atoms with Gasteiger partial charge in [-0.15, -0.1) is 0 Å². The summed E-state index contributed by atoms with van der Waals surface area (Å²) in [5.74, 6) is -0.215. The highest BCUT2D eigenvalue weighted by molar-refractivity contribution is 5.95. The molecule has 3 aromatic carbocycles. The van der Waals surface area contributed by atoms with Crippen molar-refractivity contribution >= 4 is 17.2 Å². The van der Waals surface area contributed by atoms with Crippen molar-refractivity contribution in [2.45, 2.75) is 20.0 Å². The van der Waals surface area contributed by atoms with Gasteiger partial charge < -0.3 is 5.32 Å². The Labute approximate surface area is 185 Å². The molecule has 0 saturated carbocycles. The van der Waals surface area contributed by atoms with Gasteiger partial charge in [0.1, 0.15) is 5.69 Å². The van der Waals surface area contributed by atoms with Crippen molar-refractivity contribution in [1.82, 2.24) is 9.78 Å². The Hall–Kier alpha value is -4.26. The monoisotopic (exact) mass is 426 g/mol. The van der Waals surface area contributed by atoms with E-state index in [-0.39, 0.29) is 11.5 Å². The number of carbonyl (C=O) groups is 1. The number of Topliss-reactive ketones (excluding diaryl/α,β-unsaturated/α-hetero) is 1. The van der Waals surface area contributed by atoms with Gasteiger partial charge in [0.25, 0.3) is 5.69 Å². The average Bonchev–Trinajstić information content (AvgIpc) is 3.21. The third-order valence-corrected chi connectivity index (χ3v) is 5.14. The Bertz CT molecular complexity index is 1250. The van der Waals surface area contributed by atoms with Crippen molar-refractivity contribution in [3.63, 3.8) is 0 Å². The van der Waals surface area contributed by atoms with E-state index in [1.165, 1.54) is 13.0 Å². The number of nitrogens with one attached hydrogen (secondary N) is 1. The van der Waals surface area contributed by atoms with E-state index in [4.69, 9.17) is 5.10 Å².